The van der Waals surface area contributed by atoms with Gasteiger partial charge in [0.2, 0.25) is 11.1 Å². The zero-order valence-electron chi connectivity index (χ0n) is 23.8. The lowest BCUT2D eigenvalue weighted by Crippen LogP contribution is -2.32. The molecular formula is C31H37FN4O4S. The maximum atomic E-state index is 14.2. The van der Waals surface area contributed by atoms with Gasteiger partial charge in [0.25, 0.3) is 0 Å². The minimum atomic E-state index is -0.600. The topological polar surface area (TPSA) is 87.5 Å². The Balaban J connectivity index is 1.51. The van der Waals surface area contributed by atoms with E-state index < -0.39 is 6.04 Å². The van der Waals surface area contributed by atoms with E-state index in [-0.39, 0.29) is 17.9 Å². The molecule has 0 spiro atoms. The predicted octanol–water partition coefficient (Wildman–Crippen LogP) is 7.06. The second-order valence-corrected chi connectivity index (χ2v) is 11.2. The van der Waals surface area contributed by atoms with Gasteiger partial charge in [0, 0.05) is 11.4 Å². The monoisotopic (exact) mass is 580 g/mol. The van der Waals surface area contributed by atoms with E-state index in [2.05, 4.69) is 17.2 Å². The first-order chi connectivity index (χ1) is 20.0. The number of rotatable bonds is 11. The number of ether oxygens (including phenoxy) is 3. The van der Waals surface area contributed by atoms with Crippen molar-refractivity contribution in [2.75, 3.05) is 18.5 Å². The van der Waals surface area contributed by atoms with Crippen LogP contribution in [0.25, 0.3) is 0 Å². The molecule has 1 atom stereocenters. The number of nitrogens with zero attached hydrogens (tertiary/aromatic N) is 3. The van der Waals surface area contributed by atoms with Crippen molar-refractivity contribution in [3.8, 4) is 11.5 Å². The molecular weight excluding hydrogens is 543 g/mol. The van der Waals surface area contributed by atoms with Crippen molar-refractivity contribution in [2.45, 2.75) is 82.4 Å². The van der Waals surface area contributed by atoms with Crippen molar-refractivity contribution in [3.05, 3.63) is 70.7 Å². The lowest BCUT2D eigenvalue weighted by Gasteiger charge is -2.30. The standard InChI is InChI=1S/C31H37FN4O4S/c1-4-17-39-25-16-15-21(18-26(25)38-5-2)28-27(29(37)40-23-12-7-6-8-13-23)20(3)33-30-34-31(35-36(28)30)41-19-22-11-9-10-14-24(22)32/h9-11,14-16,18,23,28H,4-8,12-13,17,19H2,1-3H3,(H,33,34,35). The third kappa shape index (κ3) is 6.69. The molecule has 1 saturated carbocycles. The quantitative estimate of drug-likeness (QED) is 0.191. The fourth-order valence-corrected chi connectivity index (χ4v) is 6.03. The molecule has 10 heteroatoms. The molecule has 1 aromatic heterocycles. The summed E-state index contributed by atoms with van der Waals surface area (Å²) >= 11 is 1.34. The van der Waals surface area contributed by atoms with Crippen molar-refractivity contribution in [3.63, 3.8) is 0 Å². The number of hydrogen-bond acceptors (Lipinski definition) is 8. The number of nitrogens with one attached hydrogen (secondary N) is 1. The van der Waals surface area contributed by atoms with Crippen LogP contribution in [0, 0.1) is 5.82 Å². The smallest absolute Gasteiger partial charge is 0.338 e. The summed E-state index contributed by atoms with van der Waals surface area (Å²) in [5, 5.41) is 8.52. The van der Waals surface area contributed by atoms with Crippen molar-refractivity contribution >= 4 is 23.7 Å². The number of aromatic nitrogens is 3. The minimum absolute atomic E-state index is 0.0926. The van der Waals surface area contributed by atoms with Crippen LogP contribution in [-0.4, -0.2) is 40.1 Å². The van der Waals surface area contributed by atoms with Gasteiger partial charge in [-0.15, -0.1) is 5.10 Å². The average Bonchev–Trinajstić information content (AvgIpc) is 3.38. The van der Waals surface area contributed by atoms with Crippen molar-refractivity contribution < 1.29 is 23.4 Å². The van der Waals surface area contributed by atoms with Crippen molar-refractivity contribution in [1.82, 2.24) is 14.8 Å². The van der Waals surface area contributed by atoms with Crippen LogP contribution in [0.3, 0.4) is 0 Å². The average molecular weight is 581 g/mol. The Labute approximate surface area is 244 Å². The number of allylic oxidation sites excluding steroid dienone is 1. The number of benzene rings is 2. The first-order valence-corrected chi connectivity index (χ1v) is 15.4. The largest absolute Gasteiger partial charge is 0.490 e. The fourth-order valence-electron chi connectivity index (χ4n) is 5.21. The zero-order chi connectivity index (χ0) is 28.8. The number of carbonyl (C=O) groups is 1. The summed E-state index contributed by atoms with van der Waals surface area (Å²) in [5.74, 6) is 1.50. The van der Waals surface area contributed by atoms with Crippen LogP contribution >= 0.6 is 11.8 Å². The molecule has 1 aliphatic carbocycles. The lowest BCUT2D eigenvalue weighted by molar-refractivity contribution is -0.146. The van der Waals surface area contributed by atoms with E-state index in [1.54, 1.807) is 16.8 Å². The van der Waals surface area contributed by atoms with E-state index >= 15 is 0 Å². The maximum Gasteiger partial charge on any atom is 0.338 e. The molecule has 8 nitrogen and oxygen atoms in total. The molecule has 41 heavy (non-hydrogen) atoms. The number of thioether (sulfide) groups is 1. The highest BCUT2D eigenvalue weighted by Gasteiger charge is 2.37. The molecule has 2 heterocycles. The van der Waals surface area contributed by atoms with Crippen LogP contribution < -0.4 is 14.8 Å². The fraction of sp³-hybridized carbons (Fsp3) is 0.452. The number of fused-ring (bicyclic) bond motifs is 1. The van der Waals surface area contributed by atoms with Gasteiger partial charge in [-0.3, -0.25) is 0 Å². The molecule has 218 valence electrons. The van der Waals surface area contributed by atoms with Gasteiger partial charge < -0.3 is 19.5 Å². The van der Waals surface area contributed by atoms with Gasteiger partial charge >= 0.3 is 5.97 Å². The second-order valence-electron chi connectivity index (χ2n) is 10.3. The first-order valence-electron chi connectivity index (χ1n) is 14.4. The van der Waals surface area contributed by atoms with E-state index in [0.29, 0.717) is 58.4 Å². The summed E-state index contributed by atoms with van der Waals surface area (Å²) in [6, 6.07) is 11.8. The number of esters is 1. The van der Waals surface area contributed by atoms with E-state index in [0.717, 1.165) is 37.7 Å². The molecule has 0 saturated heterocycles. The summed E-state index contributed by atoms with van der Waals surface area (Å²) in [6.45, 7) is 6.87. The highest BCUT2D eigenvalue weighted by Crippen LogP contribution is 2.40. The molecule has 0 radical (unpaired) electrons. The zero-order valence-corrected chi connectivity index (χ0v) is 24.6. The Bertz CT molecular complexity index is 1400. The second kappa shape index (κ2) is 13.4. The van der Waals surface area contributed by atoms with Gasteiger partial charge in [0.15, 0.2) is 11.5 Å². The Morgan fingerprint density at radius 1 is 1.10 bits per heavy atom. The Morgan fingerprint density at radius 2 is 1.90 bits per heavy atom. The highest BCUT2D eigenvalue weighted by atomic mass is 32.2. The van der Waals surface area contributed by atoms with Crippen LogP contribution in [0.4, 0.5) is 10.3 Å². The summed E-state index contributed by atoms with van der Waals surface area (Å²) < 4.78 is 33.9. The summed E-state index contributed by atoms with van der Waals surface area (Å²) in [5.41, 5.74) is 2.50. The van der Waals surface area contributed by atoms with E-state index in [1.807, 2.05) is 38.1 Å². The molecule has 2 aliphatic rings. The van der Waals surface area contributed by atoms with Crippen LogP contribution in [0.2, 0.25) is 0 Å². The minimum Gasteiger partial charge on any atom is -0.490 e. The van der Waals surface area contributed by atoms with Gasteiger partial charge in [-0.05, 0) is 75.3 Å². The number of halogens is 1. The van der Waals surface area contributed by atoms with E-state index in [1.165, 1.54) is 24.2 Å². The third-order valence-electron chi connectivity index (χ3n) is 7.24. The summed E-state index contributed by atoms with van der Waals surface area (Å²) in [7, 11) is 0. The predicted molar refractivity (Wildman–Crippen MR) is 157 cm³/mol. The molecule has 2 aromatic carbocycles. The first kappa shape index (κ1) is 29.0. The SMILES string of the molecule is CCCOc1ccc(C2C(C(=O)OC3CCCCC3)=C(C)Nc3nc(SCc4ccccc4F)nn32)cc1OCC. The van der Waals surface area contributed by atoms with Gasteiger partial charge in [-0.1, -0.05) is 49.4 Å². The Kier molecular flexibility index (Phi) is 9.49. The van der Waals surface area contributed by atoms with Crippen molar-refractivity contribution in [2.24, 2.45) is 0 Å². The number of carbonyl (C=O) groups excluding carboxylic acids is 1. The van der Waals surface area contributed by atoms with Gasteiger partial charge in [-0.25, -0.2) is 13.9 Å². The maximum absolute atomic E-state index is 14.2. The van der Waals surface area contributed by atoms with Crippen molar-refractivity contribution in [1.29, 1.82) is 0 Å². The Morgan fingerprint density at radius 3 is 2.66 bits per heavy atom. The Hall–Kier alpha value is -3.53. The molecule has 0 amide bonds. The van der Waals surface area contributed by atoms with Crippen LogP contribution in [0.5, 0.6) is 11.5 Å². The molecule has 0 bridgehead atoms. The summed E-state index contributed by atoms with van der Waals surface area (Å²) in [4.78, 5) is 18.4. The highest BCUT2D eigenvalue weighted by molar-refractivity contribution is 7.98. The molecule has 1 N–H and O–H groups in total. The molecule has 1 unspecified atom stereocenters. The number of hydrogen-bond donors (Lipinski definition) is 1. The van der Waals surface area contributed by atoms with Crippen LogP contribution in [0.1, 0.15) is 76.5 Å². The van der Waals surface area contributed by atoms with Crippen LogP contribution in [0.15, 0.2) is 58.9 Å². The molecule has 3 aromatic rings. The van der Waals surface area contributed by atoms with Crippen LogP contribution in [-0.2, 0) is 15.3 Å². The molecule has 1 fully saturated rings. The molecule has 5 rings (SSSR count). The van der Waals surface area contributed by atoms with Gasteiger partial charge in [0.05, 0.1) is 18.8 Å². The number of anilines is 1. The third-order valence-corrected chi connectivity index (χ3v) is 8.13. The summed E-state index contributed by atoms with van der Waals surface area (Å²) in [6.07, 6.45) is 5.82. The van der Waals surface area contributed by atoms with E-state index in [9.17, 15) is 9.18 Å². The normalized spacial score (nSPS) is 17.1. The lowest BCUT2D eigenvalue weighted by atomic mass is 9.94. The van der Waals surface area contributed by atoms with Gasteiger partial charge in [-0.2, -0.15) is 4.98 Å². The van der Waals surface area contributed by atoms with E-state index in [4.69, 9.17) is 19.3 Å². The van der Waals surface area contributed by atoms with Gasteiger partial charge in [0.1, 0.15) is 18.0 Å². The molecule has 1 aliphatic heterocycles.